The van der Waals surface area contributed by atoms with Crippen molar-refractivity contribution >= 4 is 5.97 Å². The average Bonchev–Trinajstić information content (AvgIpc) is 2.44. The van der Waals surface area contributed by atoms with Gasteiger partial charge in [-0.2, -0.15) is 0 Å². The highest BCUT2D eigenvalue weighted by molar-refractivity contribution is 5.75. The average molecular weight is 283 g/mol. The summed E-state index contributed by atoms with van der Waals surface area (Å²) in [4.78, 5) is 11.6. The first-order valence-electron chi connectivity index (χ1n) is 6.49. The second-order valence-electron chi connectivity index (χ2n) is 5.36. The van der Waals surface area contributed by atoms with Crippen molar-refractivity contribution in [3.8, 4) is 5.75 Å². The zero-order valence-electron chi connectivity index (χ0n) is 12.6. The van der Waals surface area contributed by atoms with E-state index in [0.29, 0.717) is 11.3 Å². The van der Waals surface area contributed by atoms with Crippen LogP contribution in [0.1, 0.15) is 32.4 Å². The SMILES string of the molecule is CNC(C)c1cc(F)ccc1OCC(C)(C)C(=O)OC. The largest absolute Gasteiger partial charge is 0.492 e. The fourth-order valence-corrected chi connectivity index (χ4v) is 1.74. The number of carbonyl (C=O) groups excluding carboxylic acids is 1. The van der Waals surface area contributed by atoms with Gasteiger partial charge in [-0.05, 0) is 46.0 Å². The Kier molecular flexibility index (Phi) is 5.51. The molecule has 4 nitrogen and oxygen atoms in total. The minimum Gasteiger partial charge on any atom is -0.492 e. The Morgan fingerprint density at radius 2 is 2.10 bits per heavy atom. The topological polar surface area (TPSA) is 47.6 Å². The number of hydrogen-bond donors (Lipinski definition) is 1. The molecular formula is C15H22FNO3. The number of ether oxygens (including phenoxy) is 2. The van der Waals surface area contributed by atoms with Crippen LogP contribution in [0.5, 0.6) is 5.75 Å². The van der Waals surface area contributed by atoms with E-state index in [1.54, 1.807) is 27.0 Å². The number of halogens is 1. The number of esters is 1. The van der Waals surface area contributed by atoms with Crippen LogP contribution in [0.3, 0.4) is 0 Å². The van der Waals surface area contributed by atoms with Gasteiger partial charge in [0.2, 0.25) is 0 Å². The van der Waals surface area contributed by atoms with Crippen molar-refractivity contribution in [1.82, 2.24) is 5.32 Å². The van der Waals surface area contributed by atoms with E-state index >= 15 is 0 Å². The normalized spacial score (nSPS) is 12.9. The Morgan fingerprint density at radius 3 is 2.65 bits per heavy atom. The summed E-state index contributed by atoms with van der Waals surface area (Å²) in [5, 5.41) is 3.04. The molecule has 1 rings (SSSR count). The molecule has 0 spiro atoms. The summed E-state index contributed by atoms with van der Waals surface area (Å²) in [5.74, 6) is -0.102. The first kappa shape index (κ1) is 16.4. The molecule has 0 aliphatic rings. The van der Waals surface area contributed by atoms with E-state index in [2.05, 4.69) is 5.32 Å². The van der Waals surface area contributed by atoms with Gasteiger partial charge in [0.15, 0.2) is 0 Å². The standard InChI is InChI=1S/C15H22FNO3/c1-10(17-4)12-8-11(16)6-7-13(12)20-9-15(2,3)14(18)19-5/h6-8,10,17H,9H2,1-5H3. The molecule has 5 heteroatoms. The smallest absolute Gasteiger partial charge is 0.314 e. The summed E-state index contributed by atoms with van der Waals surface area (Å²) in [6.45, 7) is 5.55. The summed E-state index contributed by atoms with van der Waals surface area (Å²) in [6.07, 6.45) is 0. The molecule has 0 radical (unpaired) electrons. The van der Waals surface area contributed by atoms with Crippen molar-refractivity contribution in [2.45, 2.75) is 26.8 Å². The first-order chi connectivity index (χ1) is 9.31. The molecule has 1 aromatic carbocycles. The molecule has 0 aliphatic carbocycles. The van der Waals surface area contributed by atoms with Crippen LogP contribution in [-0.4, -0.2) is 26.7 Å². The number of nitrogens with one attached hydrogen (secondary N) is 1. The first-order valence-corrected chi connectivity index (χ1v) is 6.49. The Morgan fingerprint density at radius 1 is 1.45 bits per heavy atom. The third-order valence-corrected chi connectivity index (χ3v) is 3.20. The summed E-state index contributed by atoms with van der Waals surface area (Å²) >= 11 is 0. The Hall–Kier alpha value is -1.62. The maximum atomic E-state index is 13.3. The van der Waals surface area contributed by atoms with Crippen molar-refractivity contribution in [2.75, 3.05) is 20.8 Å². The van der Waals surface area contributed by atoms with Crippen LogP contribution in [0, 0.1) is 11.2 Å². The van der Waals surface area contributed by atoms with Crippen molar-refractivity contribution < 1.29 is 18.7 Å². The monoisotopic (exact) mass is 283 g/mol. The summed E-state index contributed by atoms with van der Waals surface area (Å²) < 4.78 is 23.8. The quantitative estimate of drug-likeness (QED) is 0.815. The number of methoxy groups -OCH3 is 1. The Balaban J connectivity index is 2.90. The van der Waals surface area contributed by atoms with E-state index in [0.717, 1.165) is 0 Å². The van der Waals surface area contributed by atoms with E-state index < -0.39 is 5.41 Å². The van der Waals surface area contributed by atoms with Crippen LogP contribution in [0.25, 0.3) is 0 Å². The fourth-order valence-electron chi connectivity index (χ4n) is 1.74. The molecule has 0 heterocycles. The van der Waals surface area contributed by atoms with E-state index in [1.165, 1.54) is 19.2 Å². The molecule has 0 bridgehead atoms. The van der Waals surface area contributed by atoms with E-state index in [-0.39, 0.29) is 24.4 Å². The van der Waals surface area contributed by atoms with Crippen LogP contribution in [0.2, 0.25) is 0 Å². The lowest BCUT2D eigenvalue weighted by atomic mass is 9.95. The molecule has 1 atom stereocenters. The lowest BCUT2D eigenvalue weighted by molar-refractivity contribution is -0.152. The second-order valence-corrected chi connectivity index (χ2v) is 5.36. The number of benzene rings is 1. The van der Waals surface area contributed by atoms with Crippen molar-refractivity contribution in [2.24, 2.45) is 5.41 Å². The fraction of sp³-hybridized carbons (Fsp3) is 0.533. The number of hydrogen-bond acceptors (Lipinski definition) is 4. The molecule has 112 valence electrons. The minimum absolute atomic E-state index is 0.0538. The van der Waals surface area contributed by atoms with Crippen LogP contribution in [0.4, 0.5) is 4.39 Å². The van der Waals surface area contributed by atoms with Crippen LogP contribution < -0.4 is 10.1 Å². The van der Waals surface area contributed by atoms with Gasteiger partial charge in [0, 0.05) is 11.6 Å². The number of carbonyl (C=O) groups is 1. The molecule has 0 aromatic heterocycles. The van der Waals surface area contributed by atoms with E-state index in [4.69, 9.17) is 9.47 Å². The third-order valence-electron chi connectivity index (χ3n) is 3.20. The van der Waals surface area contributed by atoms with Crippen LogP contribution in [-0.2, 0) is 9.53 Å². The maximum Gasteiger partial charge on any atom is 0.314 e. The predicted molar refractivity (Wildman–Crippen MR) is 75.2 cm³/mol. The molecule has 1 unspecified atom stereocenters. The zero-order valence-corrected chi connectivity index (χ0v) is 12.6. The van der Waals surface area contributed by atoms with E-state index in [9.17, 15) is 9.18 Å². The lowest BCUT2D eigenvalue weighted by Crippen LogP contribution is -2.32. The Bertz CT molecular complexity index is 474. The second kappa shape index (κ2) is 6.70. The maximum absolute atomic E-state index is 13.3. The van der Waals surface area contributed by atoms with Gasteiger partial charge in [0.05, 0.1) is 12.5 Å². The molecular weight excluding hydrogens is 261 g/mol. The third kappa shape index (κ3) is 3.93. The van der Waals surface area contributed by atoms with Gasteiger partial charge >= 0.3 is 5.97 Å². The summed E-state index contributed by atoms with van der Waals surface area (Å²) in [5.41, 5.74) is -0.0447. The molecule has 0 fully saturated rings. The molecule has 1 N–H and O–H groups in total. The van der Waals surface area contributed by atoms with Gasteiger partial charge in [-0.15, -0.1) is 0 Å². The van der Waals surface area contributed by atoms with Gasteiger partial charge in [-0.3, -0.25) is 4.79 Å². The molecule has 0 amide bonds. The minimum atomic E-state index is -0.761. The van der Waals surface area contributed by atoms with Gasteiger partial charge < -0.3 is 14.8 Å². The molecule has 0 saturated carbocycles. The number of rotatable bonds is 6. The molecule has 0 aliphatic heterocycles. The van der Waals surface area contributed by atoms with Crippen molar-refractivity contribution in [1.29, 1.82) is 0 Å². The lowest BCUT2D eigenvalue weighted by Gasteiger charge is -2.23. The van der Waals surface area contributed by atoms with Gasteiger partial charge in [0.25, 0.3) is 0 Å². The molecule has 20 heavy (non-hydrogen) atoms. The van der Waals surface area contributed by atoms with Gasteiger partial charge in [0.1, 0.15) is 18.2 Å². The van der Waals surface area contributed by atoms with Gasteiger partial charge in [-0.1, -0.05) is 0 Å². The zero-order chi connectivity index (χ0) is 15.3. The highest BCUT2D eigenvalue weighted by Gasteiger charge is 2.30. The Labute approximate surface area is 119 Å². The van der Waals surface area contributed by atoms with Crippen LogP contribution in [0.15, 0.2) is 18.2 Å². The van der Waals surface area contributed by atoms with Crippen LogP contribution >= 0.6 is 0 Å². The van der Waals surface area contributed by atoms with Crippen molar-refractivity contribution in [3.63, 3.8) is 0 Å². The molecule has 0 saturated heterocycles. The van der Waals surface area contributed by atoms with E-state index in [1.807, 2.05) is 6.92 Å². The predicted octanol–water partition coefficient (Wildman–Crippen LogP) is 2.68. The van der Waals surface area contributed by atoms with Gasteiger partial charge in [-0.25, -0.2) is 4.39 Å². The highest BCUT2D eigenvalue weighted by Crippen LogP contribution is 2.28. The highest BCUT2D eigenvalue weighted by atomic mass is 19.1. The van der Waals surface area contributed by atoms with Crippen molar-refractivity contribution in [3.05, 3.63) is 29.6 Å². The summed E-state index contributed by atoms with van der Waals surface area (Å²) in [7, 11) is 3.13. The molecule has 1 aromatic rings. The summed E-state index contributed by atoms with van der Waals surface area (Å²) in [6, 6.07) is 4.29.